The summed E-state index contributed by atoms with van der Waals surface area (Å²) in [6.45, 7) is 0.234. The Hall–Kier alpha value is -2.44. The van der Waals surface area contributed by atoms with Gasteiger partial charge in [0, 0.05) is 5.39 Å². The van der Waals surface area contributed by atoms with E-state index in [1.54, 1.807) is 31.4 Å². The van der Waals surface area contributed by atoms with Gasteiger partial charge in [-0.25, -0.2) is 0 Å². The molecule has 0 spiro atoms. The molecule has 3 rings (SSSR count). The molecule has 2 aromatic carbocycles. The minimum atomic E-state index is -0.274. The van der Waals surface area contributed by atoms with E-state index < -0.39 is 0 Å². The zero-order chi connectivity index (χ0) is 18.1. The van der Waals surface area contributed by atoms with E-state index in [0.29, 0.717) is 27.4 Å². The number of benzene rings is 2. The highest BCUT2D eigenvalue weighted by Crippen LogP contribution is 2.44. The van der Waals surface area contributed by atoms with Gasteiger partial charge in [0.2, 0.25) is 5.88 Å². The molecular weight excluding hydrogens is 367 g/mol. The molecule has 1 aromatic heterocycles. The Morgan fingerprint density at radius 1 is 1.12 bits per heavy atom. The molecule has 130 valence electrons. The quantitative estimate of drug-likeness (QED) is 0.623. The summed E-state index contributed by atoms with van der Waals surface area (Å²) >= 11 is 12.4. The van der Waals surface area contributed by atoms with Crippen molar-refractivity contribution in [1.82, 2.24) is 4.57 Å². The van der Waals surface area contributed by atoms with Crippen molar-refractivity contribution in [3.8, 4) is 17.4 Å². The van der Waals surface area contributed by atoms with Crippen molar-refractivity contribution in [3.63, 3.8) is 0 Å². The van der Waals surface area contributed by atoms with Gasteiger partial charge in [-0.1, -0.05) is 29.3 Å². The van der Waals surface area contributed by atoms with E-state index in [2.05, 4.69) is 5.18 Å². The topological polar surface area (TPSA) is 73.0 Å². The number of ether oxygens (including phenoxy) is 2. The lowest BCUT2D eigenvalue weighted by Gasteiger charge is -2.12. The van der Waals surface area contributed by atoms with Crippen LogP contribution in [-0.2, 0) is 6.54 Å². The second kappa shape index (κ2) is 6.82. The minimum Gasteiger partial charge on any atom is -0.493 e. The van der Waals surface area contributed by atoms with E-state index in [-0.39, 0.29) is 23.1 Å². The molecule has 0 unspecified atom stereocenters. The molecular formula is C17H14Cl2N2O4. The lowest BCUT2D eigenvalue weighted by Crippen LogP contribution is -2.00. The van der Waals surface area contributed by atoms with Gasteiger partial charge in [0.1, 0.15) is 0 Å². The summed E-state index contributed by atoms with van der Waals surface area (Å²) in [5.41, 5.74) is 1.17. The Labute approximate surface area is 153 Å². The fourth-order valence-electron chi connectivity index (χ4n) is 2.75. The van der Waals surface area contributed by atoms with Crippen molar-refractivity contribution in [1.29, 1.82) is 0 Å². The van der Waals surface area contributed by atoms with Crippen molar-refractivity contribution in [2.75, 3.05) is 14.2 Å². The number of hydrogen-bond acceptors (Lipinski definition) is 5. The van der Waals surface area contributed by atoms with E-state index in [0.717, 1.165) is 5.56 Å². The molecule has 0 aliphatic heterocycles. The van der Waals surface area contributed by atoms with Crippen LogP contribution < -0.4 is 9.47 Å². The average molecular weight is 381 g/mol. The number of nitroso groups, excluding NO2 is 1. The third-order valence-corrected chi connectivity index (χ3v) is 4.74. The second-order valence-electron chi connectivity index (χ2n) is 5.30. The summed E-state index contributed by atoms with van der Waals surface area (Å²) in [4.78, 5) is 11.2. The molecule has 0 aliphatic carbocycles. The molecule has 1 heterocycles. The van der Waals surface area contributed by atoms with Crippen LogP contribution in [0.3, 0.4) is 0 Å². The van der Waals surface area contributed by atoms with Crippen LogP contribution in [-0.4, -0.2) is 23.9 Å². The summed E-state index contributed by atoms with van der Waals surface area (Å²) in [5.74, 6) is 0.863. The lowest BCUT2D eigenvalue weighted by atomic mass is 10.2. The number of hydrogen-bond donors (Lipinski definition) is 1. The zero-order valence-corrected chi connectivity index (χ0v) is 14.9. The molecule has 25 heavy (non-hydrogen) atoms. The molecule has 6 nitrogen and oxygen atoms in total. The van der Waals surface area contributed by atoms with Crippen molar-refractivity contribution in [2.24, 2.45) is 5.18 Å². The summed E-state index contributed by atoms with van der Waals surface area (Å²) in [7, 11) is 3.09. The SMILES string of the molecule is COc1ccc(Cn2c(O)c(N=O)c3ccc(Cl)c(Cl)c32)cc1OC. The minimum absolute atomic E-state index is 0.0750. The van der Waals surface area contributed by atoms with Crippen LogP contribution in [0.15, 0.2) is 35.5 Å². The molecule has 0 atom stereocenters. The maximum atomic E-state index is 11.2. The Kier molecular flexibility index (Phi) is 4.74. The summed E-state index contributed by atoms with van der Waals surface area (Å²) in [5, 5.41) is 14.3. The fraction of sp³-hybridized carbons (Fsp3) is 0.176. The van der Waals surface area contributed by atoms with Gasteiger partial charge in [0.25, 0.3) is 0 Å². The highest BCUT2D eigenvalue weighted by molar-refractivity contribution is 6.45. The van der Waals surface area contributed by atoms with Gasteiger partial charge in [-0.15, -0.1) is 4.91 Å². The van der Waals surface area contributed by atoms with Crippen molar-refractivity contribution in [2.45, 2.75) is 6.54 Å². The van der Waals surface area contributed by atoms with Crippen molar-refractivity contribution >= 4 is 39.8 Å². The number of aromatic nitrogens is 1. The number of methoxy groups -OCH3 is 2. The van der Waals surface area contributed by atoms with Gasteiger partial charge in [0.15, 0.2) is 17.2 Å². The summed E-state index contributed by atoms with van der Waals surface area (Å²) in [6.07, 6.45) is 0. The van der Waals surface area contributed by atoms with Crippen LogP contribution in [0.5, 0.6) is 17.4 Å². The first-order valence-electron chi connectivity index (χ1n) is 7.25. The number of nitrogens with zero attached hydrogens (tertiary/aromatic N) is 2. The highest BCUT2D eigenvalue weighted by atomic mass is 35.5. The van der Waals surface area contributed by atoms with Gasteiger partial charge in [-0.2, -0.15) is 0 Å². The van der Waals surface area contributed by atoms with Gasteiger partial charge in [-0.3, -0.25) is 0 Å². The van der Waals surface area contributed by atoms with E-state index in [4.69, 9.17) is 32.7 Å². The van der Waals surface area contributed by atoms with Crippen LogP contribution in [0.25, 0.3) is 10.9 Å². The van der Waals surface area contributed by atoms with Crippen LogP contribution in [0, 0.1) is 4.91 Å². The predicted molar refractivity (Wildman–Crippen MR) is 97.7 cm³/mol. The van der Waals surface area contributed by atoms with Crippen LogP contribution in [0.1, 0.15) is 5.56 Å². The number of fused-ring (bicyclic) bond motifs is 1. The standard InChI is InChI=1S/C17H14Cl2N2O4/c1-24-12-6-3-9(7-13(12)25-2)8-21-16-10(15(20-23)17(21)22)4-5-11(18)14(16)19/h3-7,22H,8H2,1-2H3. The zero-order valence-electron chi connectivity index (χ0n) is 13.4. The number of rotatable bonds is 5. The summed E-state index contributed by atoms with van der Waals surface area (Å²) in [6, 6.07) is 8.51. The first kappa shape index (κ1) is 17.4. The smallest absolute Gasteiger partial charge is 0.222 e. The van der Waals surface area contributed by atoms with Gasteiger partial charge in [0.05, 0.1) is 36.3 Å². The van der Waals surface area contributed by atoms with Gasteiger partial charge < -0.3 is 19.1 Å². The molecule has 0 saturated heterocycles. The van der Waals surface area contributed by atoms with Crippen LogP contribution in [0.2, 0.25) is 10.0 Å². The molecule has 0 fully saturated rings. The van der Waals surface area contributed by atoms with E-state index >= 15 is 0 Å². The third kappa shape index (κ3) is 2.88. The van der Waals surface area contributed by atoms with Crippen LogP contribution >= 0.6 is 23.2 Å². The largest absolute Gasteiger partial charge is 0.493 e. The molecule has 0 amide bonds. The van der Waals surface area contributed by atoms with Crippen molar-refractivity contribution < 1.29 is 14.6 Å². The van der Waals surface area contributed by atoms with Gasteiger partial charge in [-0.05, 0) is 35.0 Å². The van der Waals surface area contributed by atoms with E-state index in [1.165, 1.54) is 11.7 Å². The van der Waals surface area contributed by atoms with Gasteiger partial charge >= 0.3 is 0 Å². The van der Waals surface area contributed by atoms with Crippen LogP contribution in [0.4, 0.5) is 5.69 Å². The highest BCUT2D eigenvalue weighted by Gasteiger charge is 2.21. The normalized spacial score (nSPS) is 10.9. The molecule has 8 heteroatoms. The Bertz CT molecular complexity index is 969. The first-order chi connectivity index (χ1) is 12.0. The number of aromatic hydroxyl groups is 1. The molecule has 0 radical (unpaired) electrons. The lowest BCUT2D eigenvalue weighted by molar-refractivity contribution is 0.354. The molecule has 0 aliphatic rings. The maximum Gasteiger partial charge on any atom is 0.222 e. The predicted octanol–water partition coefficient (Wildman–Crippen LogP) is 5.12. The molecule has 3 aromatic rings. The average Bonchev–Trinajstić information content (AvgIpc) is 2.89. The second-order valence-corrected chi connectivity index (χ2v) is 6.08. The molecule has 0 saturated carbocycles. The van der Waals surface area contributed by atoms with E-state index in [1.807, 2.05) is 6.07 Å². The Morgan fingerprint density at radius 3 is 2.48 bits per heavy atom. The first-order valence-corrected chi connectivity index (χ1v) is 8.00. The number of halogens is 2. The Balaban J connectivity index is 2.18. The molecule has 0 bridgehead atoms. The monoisotopic (exact) mass is 380 g/mol. The van der Waals surface area contributed by atoms with Crippen molar-refractivity contribution in [3.05, 3.63) is 50.8 Å². The summed E-state index contributed by atoms with van der Waals surface area (Å²) < 4.78 is 12.0. The van der Waals surface area contributed by atoms with E-state index in [9.17, 15) is 10.0 Å². The fourth-order valence-corrected chi connectivity index (χ4v) is 3.17. The Morgan fingerprint density at radius 2 is 1.84 bits per heavy atom. The maximum absolute atomic E-state index is 11.2. The third-order valence-electron chi connectivity index (χ3n) is 3.94. The molecule has 1 N–H and O–H groups in total.